The van der Waals surface area contributed by atoms with Crippen molar-refractivity contribution in [3.63, 3.8) is 0 Å². The lowest BCUT2D eigenvalue weighted by molar-refractivity contribution is -0.116. The molecule has 1 aliphatic heterocycles. The summed E-state index contributed by atoms with van der Waals surface area (Å²) in [5.41, 5.74) is 0.457. The molecule has 126 valence electrons. The third-order valence-corrected chi connectivity index (χ3v) is 5.09. The molecule has 0 fully saturated rings. The molecule has 0 bridgehead atoms. The Labute approximate surface area is 133 Å². The summed E-state index contributed by atoms with van der Waals surface area (Å²) >= 11 is 0. The molecule has 1 aliphatic rings. The van der Waals surface area contributed by atoms with E-state index in [0.717, 1.165) is 12.1 Å². The highest BCUT2D eigenvalue weighted by molar-refractivity contribution is 7.90. The number of sulfonamides is 1. The molecule has 1 atom stereocenters. The second-order valence-corrected chi connectivity index (χ2v) is 7.65. The SMILES string of the molecule is CC1=C(C(=O)NS(=O)(=O)C(C)C)NC(c2ccc(F)cc2F)N1. The summed E-state index contributed by atoms with van der Waals surface area (Å²) in [6.45, 7) is 4.42. The molecule has 1 aromatic carbocycles. The third kappa shape index (κ3) is 3.61. The Morgan fingerprint density at radius 3 is 2.48 bits per heavy atom. The number of benzene rings is 1. The Kier molecular flexibility index (Phi) is 4.60. The third-order valence-electron chi connectivity index (χ3n) is 3.38. The molecular formula is C14H17F2N3O3S. The van der Waals surface area contributed by atoms with Gasteiger partial charge in [-0.15, -0.1) is 0 Å². The van der Waals surface area contributed by atoms with E-state index in [1.165, 1.54) is 19.9 Å². The van der Waals surface area contributed by atoms with E-state index in [1.54, 1.807) is 6.92 Å². The molecule has 0 spiro atoms. The topological polar surface area (TPSA) is 87.3 Å². The number of hydrogen-bond acceptors (Lipinski definition) is 5. The quantitative estimate of drug-likeness (QED) is 0.764. The zero-order valence-corrected chi connectivity index (χ0v) is 13.6. The van der Waals surface area contributed by atoms with E-state index in [4.69, 9.17) is 0 Å². The fourth-order valence-electron chi connectivity index (χ4n) is 2.00. The first-order chi connectivity index (χ1) is 10.6. The maximum absolute atomic E-state index is 13.8. The van der Waals surface area contributed by atoms with Crippen LogP contribution in [0.15, 0.2) is 29.6 Å². The van der Waals surface area contributed by atoms with Gasteiger partial charge in [0.05, 0.1) is 5.25 Å². The molecule has 0 aromatic heterocycles. The van der Waals surface area contributed by atoms with Crippen molar-refractivity contribution in [2.75, 3.05) is 0 Å². The van der Waals surface area contributed by atoms with Crippen molar-refractivity contribution in [2.24, 2.45) is 0 Å². The Balaban J connectivity index is 2.17. The maximum Gasteiger partial charge on any atom is 0.282 e. The molecule has 0 radical (unpaired) electrons. The van der Waals surface area contributed by atoms with Crippen molar-refractivity contribution in [3.8, 4) is 0 Å². The number of halogens is 2. The normalized spacial score (nSPS) is 17.9. The summed E-state index contributed by atoms with van der Waals surface area (Å²) in [6, 6.07) is 3.07. The van der Waals surface area contributed by atoms with Gasteiger partial charge in [-0.3, -0.25) is 4.79 Å². The van der Waals surface area contributed by atoms with Gasteiger partial charge in [-0.05, 0) is 32.9 Å². The summed E-state index contributed by atoms with van der Waals surface area (Å²) in [5, 5.41) is 4.76. The minimum atomic E-state index is -3.78. The van der Waals surface area contributed by atoms with Crippen LogP contribution < -0.4 is 15.4 Å². The summed E-state index contributed by atoms with van der Waals surface area (Å²) in [4.78, 5) is 12.1. The Morgan fingerprint density at radius 2 is 1.91 bits per heavy atom. The van der Waals surface area contributed by atoms with Crippen LogP contribution in [0.5, 0.6) is 0 Å². The van der Waals surface area contributed by atoms with Crippen molar-refractivity contribution in [3.05, 3.63) is 46.8 Å². The highest BCUT2D eigenvalue weighted by Gasteiger charge is 2.30. The molecular weight excluding hydrogens is 328 g/mol. The molecule has 9 heteroatoms. The lowest BCUT2D eigenvalue weighted by atomic mass is 10.1. The number of nitrogens with one attached hydrogen (secondary N) is 3. The Morgan fingerprint density at radius 1 is 1.26 bits per heavy atom. The second kappa shape index (κ2) is 6.15. The number of carbonyl (C=O) groups is 1. The van der Waals surface area contributed by atoms with Gasteiger partial charge in [-0.2, -0.15) is 0 Å². The maximum atomic E-state index is 13.8. The first-order valence-electron chi connectivity index (χ1n) is 6.86. The van der Waals surface area contributed by atoms with E-state index in [9.17, 15) is 22.0 Å². The average Bonchev–Trinajstić information content (AvgIpc) is 2.80. The summed E-state index contributed by atoms with van der Waals surface area (Å²) < 4.78 is 52.2. The molecule has 3 N–H and O–H groups in total. The van der Waals surface area contributed by atoms with E-state index in [2.05, 4.69) is 10.6 Å². The first kappa shape index (κ1) is 17.2. The zero-order valence-electron chi connectivity index (χ0n) is 12.8. The van der Waals surface area contributed by atoms with Gasteiger partial charge in [0.2, 0.25) is 10.0 Å². The standard InChI is InChI=1S/C14H17F2N3O3S/c1-7(2)23(21,22)19-14(20)12-8(3)17-13(18-12)10-5-4-9(15)6-11(10)16/h4-7,13,17-18H,1-3H3,(H,19,20). The fourth-order valence-corrected chi connectivity index (χ4v) is 2.60. The molecule has 2 rings (SSSR count). The highest BCUT2D eigenvalue weighted by Crippen LogP contribution is 2.23. The monoisotopic (exact) mass is 345 g/mol. The number of carbonyl (C=O) groups excluding carboxylic acids is 1. The largest absolute Gasteiger partial charge is 0.363 e. The van der Waals surface area contributed by atoms with Crippen LogP contribution in [0.3, 0.4) is 0 Å². The second-order valence-electron chi connectivity index (χ2n) is 5.41. The van der Waals surface area contributed by atoms with E-state index < -0.39 is 39.0 Å². The van der Waals surface area contributed by atoms with Gasteiger partial charge in [0.15, 0.2) is 0 Å². The molecule has 0 aliphatic carbocycles. The number of allylic oxidation sites excluding steroid dienone is 1. The van der Waals surface area contributed by atoms with Gasteiger partial charge in [-0.25, -0.2) is 21.9 Å². The predicted molar refractivity (Wildman–Crippen MR) is 80.3 cm³/mol. The van der Waals surface area contributed by atoms with Gasteiger partial charge >= 0.3 is 0 Å². The van der Waals surface area contributed by atoms with E-state index in [-0.39, 0.29) is 11.3 Å². The van der Waals surface area contributed by atoms with Crippen LogP contribution in [0.4, 0.5) is 8.78 Å². The van der Waals surface area contributed by atoms with Crippen LogP contribution in [0.1, 0.15) is 32.5 Å². The lowest BCUT2D eigenvalue weighted by Crippen LogP contribution is -2.39. The number of hydrogen-bond donors (Lipinski definition) is 3. The van der Waals surface area contributed by atoms with Crippen LogP contribution in [0, 0.1) is 11.6 Å². The molecule has 1 amide bonds. The lowest BCUT2D eigenvalue weighted by Gasteiger charge is -2.15. The van der Waals surface area contributed by atoms with Crippen LogP contribution in [0.25, 0.3) is 0 Å². The first-order valence-corrected chi connectivity index (χ1v) is 8.41. The number of amides is 1. The van der Waals surface area contributed by atoms with Crippen LogP contribution in [-0.2, 0) is 14.8 Å². The van der Waals surface area contributed by atoms with Crippen molar-refractivity contribution in [1.29, 1.82) is 0 Å². The van der Waals surface area contributed by atoms with Gasteiger partial charge < -0.3 is 10.6 Å². The van der Waals surface area contributed by atoms with Gasteiger partial charge in [0.1, 0.15) is 23.5 Å². The van der Waals surface area contributed by atoms with Gasteiger partial charge in [-0.1, -0.05) is 0 Å². The Hall–Kier alpha value is -2.16. The minimum Gasteiger partial charge on any atom is -0.363 e. The molecule has 23 heavy (non-hydrogen) atoms. The van der Waals surface area contributed by atoms with Crippen molar-refractivity contribution in [1.82, 2.24) is 15.4 Å². The molecule has 0 saturated heterocycles. The molecule has 0 saturated carbocycles. The van der Waals surface area contributed by atoms with Crippen molar-refractivity contribution in [2.45, 2.75) is 32.2 Å². The van der Waals surface area contributed by atoms with Crippen LogP contribution in [-0.4, -0.2) is 19.6 Å². The van der Waals surface area contributed by atoms with Gasteiger partial charge in [0.25, 0.3) is 5.91 Å². The average molecular weight is 345 g/mol. The predicted octanol–water partition coefficient (Wildman–Crippen LogP) is 1.24. The smallest absolute Gasteiger partial charge is 0.282 e. The molecule has 1 unspecified atom stereocenters. The molecule has 1 aromatic rings. The summed E-state index contributed by atoms with van der Waals surface area (Å²) in [6.07, 6.45) is -0.793. The van der Waals surface area contributed by atoms with E-state index in [1.807, 2.05) is 4.72 Å². The zero-order chi connectivity index (χ0) is 17.4. The van der Waals surface area contributed by atoms with E-state index in [0.29, 0.717) is 5.70 Å². The van der Waals surface area contributed by atoms with Crippen molar-refractivity contribution < 1.29 is 22.0 Å². The van der Waals surface area contributed by atoms with Crippen molar-refractivity contribution >= 4 is 15.9 Å². The Bertz CT molecular complexity index is 775. The van der Waals surface area contributed by atoms with Gasteiger partial charge in [0, 0.05) is 17.3 Å². The minimum absolute atomic E-state index is 0.0112. The fraction of sp³-hybridized carbons (Fsp3) is 0.357. The van der Waals surface area contributed by atoms with Crippen LogP contribution >= 0.6 is 0 Å². The van der Waals surface area contributed by atoms with Crippen LogP contribution in [0.2, 0.25) is 0 Å². The summed E-state index contributed by atoms with van der Waals surface area (Å²) in [5.74, 6) is -2.33. The molecule has 6 nitrogen and oxygen atoms in total. The highest BCUT2D eigenvalue weighted by atomic mass is 32.2. The number of rotatable bonds is 4. The molecule has 1 heterocycles. The van der Waals surface area contributed by atoms with E-state index >= 15 is 0 Å². The summed E-state index contributed by atoms with van der Waals surface area (Å²) in [7, 11) is -3.78.